The molecular weight excluding hydrogens is 369 g/mol. The average molecular weight is 400 g/mol. The van der Waals surface area contributed by atoms with Crippen LogP contribution in [0.4, 0.5) is 10.1 Å². The van der Waals surface area contributed by atoms with Gasteiger partial charge in [0.25, 0.3) is 5.91 Å². The molecule has 1 aliphatic carbocycles. The zero-order valence-corrected chi connectivity index (χ0v) is 17.3. The molecule has 0 spiro atoms. The number of benzene rings is 1. The quantitative estimate of drug-likeness (QED) is 0.739. The molecule has 1 saturated carbocycles. The van der Waals surface area contributed by atoms with Crippen LogP contribution in [0, 0.1) is 11.7 Å². The maximum absolute atomic E-state index is 13.9. The van der Waals surface area contributed by atoms with Crippen LogP contribution in [0.15, 0.2) is 18.2 Å². The zero-order valence-electron chi connectivity index (χ0n) is 16.5. The van der Waals surface area contributed by atoms with E-state index in [-0.39, 0.29) is 17.5 Å². The van der Waals surface area contributed by atoms with Crippen LogP contribution in [-0.4, -0.2) is 51.2 Å². The molecule has 2 rings (SSSR count). The minimum atomic E-state index is -3.23. The van der Waals surface area contributed by atoms with Crippen molar-refractivity contribution >= 4 is 21.6 Å². The van der Waals surface area contributed by atoms with Crippen LogP contribution in [0.25, 0.3) is 0 Å². The van der Waals surface area contributed by atoms with Crippen LogP contribution in [0.1, 0.15) is 49.9 Å². The second-order valence-electron chi connectivity index (χ2n) is 7.70. The van der Waals surface area contributed by atoms with Gasteiger partial charge in [-0.3, -0.25) is 4.79 Å². The summed E-state index contributed by atoms with van der Waals surface area (Å²) in [6, 6.07) is 4.48. The van der Waals surface area contributed by atoms with Crippen molar-refractivity contribution in [3.63, 3.8) is 0 Å². The third kappa shape index (κ3) is 5.90. The maximum Gasteiger partial charge on any atom is 0.256 e. The normalized spacial score (nSPS) is 20.5. The van der Waals surface area contributed by atoms with Gasteiger partial charge in [0, 0.05) is 32.4 Å². The molecule has 0 aliphatic heterocycles. The Morgan fingerprint density at radius 1 is 1.22 bits per heavy atom. The Morgan fingerprint density at radius 3 is 2.41 bits per heavy atom. The topological polar surface area (TPSA) is 78.5 Å². The number of nitrogens with one attached hydrogen (secondary N) is 2. The van der Waals surface area contributed by atoms with Crippen molar-refractivity contribution in [2.45, 2.75) is 50.8 Å². The second kappa shape index (κ2) is 9.01. The maximum atomic E-state index is 13.9. The smallest absolute Gasteiger partial charge is 0.256 e. The van der Waals surface area contributed by atoms with Crippen LogP contribution in [0.2, 0.25) is 0 Å². The molecular formula is C19H30FN3O3S. The first-order valence-electron chi connectivity index (χ1n) is 9.36. The van der Waals surface area contributed by atoms with E-state index in [9.17, 15) is 17.6 Å². The fourth-order valence-corrected chi connectivity index (χ4v) is 4.13. The van der Waals surface area contributed by atoms with Gasteiger partial charge in [-0.05, 0) is 63.6 Å². The number of hydrogen-bond acceptors (Lipinski definition) is 4. The number of carbonyl (C=O) groups is 1. The molecule has 0 bridgehead atoms. The third-order valence-corrected chi connectivity index (χ3v) is 6.90. The second-order valence-corrected chi connectivity index (χ2v) is 9.97. The number of nitrogens with zero attached hydrogens (tertiary/aromatic N) is 1. The highest BCUT2D eigenvalue weighted by Crippen LogP contribution is 2.26. The van der Waals surface area contributed by atoms with Gasteiger partial charge in [0.1, 0.15) is 5.82 Å². The molecule has 2 N–H and O–H groups in total. The van der Waals surface area contributed by atoms with Gasteiger partial charge in [-0.1, -0.05) is 0 Å². The molecule has 27 heavy (non-hydrogen) atoms. The van der Waals surface area contributed by atoms with Crippen molar-refractivity contribution in [2.75, 3.05) is 26.0 Å². The summed E-state index contributed by atoms with van der Waals surface area (Å²) in [5.41, 5.74) is 0.765. The molecule has 0 radical (unpaired) electrons. The first-order chi connectivity index (χ1) is 12.6. The highest BCUT2D eigenvalue weighted by Gasteiger charge is 2.26. The molecule has 0 saturated heterocycles. The summed E-state index contributed by atoms with van der Waals surface area (Å²) in [5, 5.41) is 2.86. The van der Waals surface area contributed by atoms with Crippen molar-refractivity contribution in [3.05, 3.63) is 29.6 Å². The number of amides is 1. The van der Waals surface area contributed by atoms with Crippen LogP contribution in [-0.2, 0) is 10.0 Å². The highest BCUT2D eigenvalue weighted by molar-refractivity contribution is 7.90. The standard InChI is InChI=1S/C19H30FN3O3S/c1-13(2)27(25,26)22-15-7-5-14(6-8-15)12-21-16-9-10-18(20)17(11-16)19(24)23(3)4/h9-11,13-15,21-22H,5-8,12H2,1-4H3/t14-,15-. The van der Waals surface area contributed by atoms with Gasteiger partial charge in [0.15, 0.2) is 0 Å². The first-order valence-corrected chi connectivity index (χ1v) is 10.9. The summed E-state index contributed by atoms with van der Waals surface area (Å²) in [6.45, 7) is 4.07. The molecule has 1 aromatic carbocycles. The van der Waals surface area contributed by atoms with Crippen LogP contribution >= 0.6 is 0 Å². The van der Waals surface area contributed by atoms with E-state index in [2.05, 4.69) is 10.0 Å². The number of hydrogen-bond donors (Lipinski definition) is 2. The van der Waals surface area contributed by atoms with Gasteiger partial charge in [0.05, 0.1) is 10.8 Å². The predicted octanol–water partition coefficient (Wildman–Crippen LogP) is 2.83. The monoisotopic (exact) mass is 399 g/mol. The lowest BCUT2D eigenvalue weighted by Crippen LogP contribution is -2.41. The van der Waals surface area contributed by atoms with E-state index in [1.54, 1.807) is 40.1 Å². The zero-order chi connectivity index (χ0) is 20.2. The van der Waals surface area contributed by atoms with Crippen LogP contribution in [0.3, 0.4) is 0 Å². The SMILES string of the molecule is CC(C)S(=O)(=O)N[C@H]1CC[C@H](CNc2ccc(F)c(C(=O)N(C)C)c2)CC1. The summed E-state index contributed by atoms with van der Waals surface area (Å²) in [7, 11) is -0.0495. The first kappa shape index (κ1) is 21.6. The molecule has 1 amide bonds. The van der Waals surface area contributed by atoms with E-state index in [1.807, 2.05) is 0 Å². The van der Waals surface area contributed by atoms with E-state index in [0.717, 1.165) is 25.7 Å². The summed E-state index contributed by atoms with van der Waals surface area (Å²) in [4.78, 5) is 13.4. The molecule has 8 heteroatoms. The van der Waals surface area contributed by atoms with Gasteiger partial charge in [-0.2, -0.15) is 0 Å². The number of carbonyl (C=O) groups excluding carboxylic acids is 1. The molecule has 0 heterocycles. The van der Waals surface area contributed by atoms with Crippen molar-refractivity contribution in [3.8, 4) is 0 Å². The number of halogens is 1. The molecule has 1 fully saturated rings. The predicted molar refractivity (Wildman–Crippen MR) is 106 cm³/mol. The molecule has 6 nitrogen and oxygen atoms in total. The minimum absolute atomic E-state index is 0.00351. The lowest BCUT2D eigenvalue weighted by Gasteiger charge is -2.29. The van der Waals surface area contributed by atoms with E-state index >= 15 is 0 Å². The van der Waals surface area contributed by atoms with Crippen LogP contribution in [0.5, 0.6) is 0 Å². The molecule has 1 aromatic rings. The lowest BCUT2D eigenvalue weighted by atomic mass is 9.86. The molecule has 152 valence electrons. The molecule has 1 aliphatic rings. The fourth-order valence-electron chi connectivity index (χ4n) is 3.16. The summed E-state index contributed by atoms with van der Waals surface area (Å²) in [5.74, 6) is -0.478. The summed E-state index contributed by atoms with van der Waals surface area (Å²) < 4.78 is 40.6. The Morgan fingerprint density at radius 2 is 1.85 bits per heavy atom. The lowest BCUT2D eigenvalue weighted by molar-refractivity contribution is 0.0823. The third-order valence-electron chi connectivity index (χ3n) is 5.00. The van der Waals surface area contributed by atoms with E-state index in [4.69, 9.17) is 0 Å². The Bertz CT molecular complexity index is 757. The van der Waals surface area contributed by atoms with Crippen molar-refractivity contribution < 1.29 is 17.6 Å². The van der Waals surface area contributed by atoms with Gasteiger partial charge >= 0.3 is 0 Å². The summed E-state index contributed by atoms with van der Waals surface area (Å²) >= 11 is 0. The van der Waals surface area contributed by atoms with Gasteiger partial charge in [-0.15, -0.1) is 0 Å². The Hall–Kier alpha value is -1.67. The fraction of sp³-hybridized carbons (Fsp3) is 0.632. The Kier molecular flexibility index (Phi) is 7.22. The number of sulfonamides is 1. The van der Waals surface area contributed by atoms with Gasteiger partial charge < -0.3 is 10.2 Å². The minimum Gasteiger partial charge on any atom is -0.385 e. The highest BCUT2D eigenvalue weighted by atomic mass is 32.2. The molecule has 0 atom stereocenters. The van der Waals surface area contributed by atoms with Crippen molar-refractivity contribution in [2.24, 2.45) is 5.92 Å². The molecule has 0 unspecified atom stereocenters. The average Bonchev–Trinajstić information content (AvgIpc) is 2.61. The Balaban J connectivity index is 1.87. The van der Waals surface area contributed by atoms with E-state index < -0.39 is 21.1 Å². The van der Waals surface area contributed by atoms with Crippen LogP contribution < -0.4 is 10.0 Å². The van der Waals surface area contributed by atoms with Crippen molar-refractivity contribution in [1.82, 2.24) is 9.62 Å². The van der Waals surface area contributed by atoms with Gasteiger partial charge in [-0.25, -0.2) is 17.5 Å². The van der Waals surface area contributed by atoms with E-state index in [1.165, 1.54) is 11.0 Å². The number of rotatable bonds is 7. The number of anilines is 1. The van der Waals surface area contributed by atoms with E-state index in [0.29, 0.717) is 18.2 Å². The Labute approximate surface area is 161 Å². The van der Waals surface area contributed by atoms with Gasteiger partial charge in [0.2, 0.25) is 10.0 Å². The molecule has 0 aromatic heterocycles. The largest absolute Gasteiger partial charge is 0.385 e. The summed E-state index contributed by atoms with van der Waals surface area (Å²) in [6.07, 6.45) is 3.46. The van der Waals surface area contributed by atoms with Crippen molar-refractivity contribution in [1.29, 1.82) is 0 Å².